The molecule has 0 fully saturated rings. The molecule has 0 saturated heterocycles. The molecule has 0 bridgehead atoms. The van der Waals surface area contributed by atoms with Crippen molar-refractivity contribution >= 4 is 39.9 Å². The maximum Gasteiger partial charge on any atom is 0.355 e. The van der Waals surface area contributed by atoms with E-state index in [4.69, 9.17) is 21.1 Å². The highest BCUT2D eigenvalue weighted by atomic mass is 35.5. The lowest BCUT2D eigenvalue weighted by Gasteiger charge is -2.14. The molecule has 1 aromatic heterocycles. The normalized spacial score (nSPS) is 11.7. The monoisotopic (exact) mass is 400 g/mol. The number of carbonyl (C=O) groups is 2. The summed E-state index contributed by atoms with van der Waals surface area (Å²) in [5, 5.41) is 4.00. The van der Waals surface area contributed by atoms with Crippen molar-refractivity contribution < 1.29 is 19.1 Å². The van der Waals surface area contributed by atoms with Crippen molar-refractivity contribution in [1.82, 2.24) is 4.98 Å². The first kappa shape index (κ1) is 19.4. The molecule has 2 N–H and O–H groups in total. The van der Waals surface area contributed by atoms with Gasteiger partial charge in [0.1, 0.15) is 11.4 Å². The number of carbonyl (C=O) groups excluding carboxylic acids is 2. The van der Waals surface area contributed by atoms with Crippen LogP contribution in [-0.4, -0.2) is 30.1 Å². The van der Waals surface area contributed by atoms with Gasteiger partial charge in [0.15, 0.2) is 6.10 Å². The van der Waals surface area contributed by atoms with Crippen molar-refractivity contribution in [2.45, 2.75) is 13.0 Å². The third kappa shape index (κ3) is 4.15. The van der Waals surface area contributed by atoms with Gasteiger partial charge in [-0.15, -0.1) is 0 Å². The van der Waals surface area contributed by atoms with Crippen LogP contribution < -0.4 is 15.6 Å². The van der Waals surface area contributed by atoms with Crippen LogP contribution in [0, 0.1) is 0 Å². The Kier molecular flexibility index (Phi) is 5.65. The second-order valence-corrected chi connectivity index (χ2v) is 6.39. The summed E-state index contributed by atoms with van der Waals surface area (Å²) < 4.78 is 10.2. The minimum Gasteiger partial charge on any atom is -0.495 e. The Morgan fingerprint density at radius 3 is 2.61 bits per heavy atom. The first-order chi connectivity index (χ1) is 13.4. The molecule has 0 spiro atoms. The van der Waals surface area contributed by atoms with Gasteiger partial charge < -0.3 is 19.8 Å². The van der Waals surface area contributed by atoms with Crippen LogP contribution in [0.25, 0.3) is 10.8 Å². The van der Waals surface area contributed by atoms with E-state index < -0.39 is 23.5 Å². The summed E-state index contributed by atoms with van der Waals surface area (Å²) in [6, 6.07) is 13.1. The smallest absolute Gasteiger partial charge is 0.355 e. The average molecular weight is 401 g/mol. The first-order valence-corrected chi connectivity index (χ1v) is 8.74. The first-order valence-electron chi connectivity index (χ1n) is 8.36. The van der Waals surface area contributed by atoms with Crippen LogP contribution in [0.5, 0.6) is 5.75 Å². The minimum absolute atomic E-state index is 0.0316. The van der Waals surface area contributed by atoms with Gasteiger partial charge in [0.25, 0.3) is 11.5 Å². The Morgan fingerprint density at radius 1 is 1.14 bits per heavy atom. The van der Waals surface area contributed by atoms with E-state index in [0.717, 1.165) is 0 Å². The second-order valence-electron chi connectivity index (χ2n) is 5.99. The van der Waals surface area contributed by atoms with E-state index in [1.165, 1.54) is 26.2 Å². The van der Waals surface area contributed by atoms with Gasteiger partial charge in [-0.25, -0.2) is 4.79 Å². The van der Waals surface area contributed by atoms with E-state index >= 15 is 0 Å². The number of benzene rings is 2. The van der Waals surface area contributed by atoms with Gasteiger partial charge in [0.2, 0.25) is 0 Å². The Labute approximate surface area is 165 Å². The molecule has 8 heteroatoms. The quantitative estimate of drug-likeness (QED) is 0.640. The summed E-state index contributed by atoms with van der Waals surface area (Å²) in [6.45, 7) is 1.43. The highest BCUT2D eigenvalue weighted by Crippen LogP contribution is 2.27. The molecule has 0 unspecified atom stereocenters. The zero-order valence-electron chi connectivity index (χ0n) is 15.1. The number of fused-ring (bicyclic) bond motifs is 1. The molecule has 3 rings (SSSR count). The third-order valence-corrected chi connectivity index (χ3v) is 4.34. The molecule has 7 nitrogen and oxygen atoms in total. The van der Waals surface area contributed by atoms with Crippen LogP contribution in [0.3, 0.4) is 0 Å². The summed E-state index contributed by atoms with van der Waals surface area (Å²) in [5.41, 5.74) is -0.0105. The maximum absolute atomic E-state index is 12.3. The molecule has 0 radical (unpaired) electrons. The zero-order valence-corrected chi connectivity index (χ0v) is 15.9. The number of hydrogen-bond acceptors (Lipinski definition) is 5. The van der Waals surface area contributed by atoms with Gasteiger partial charge in [0, 0.05) is 11.1 Å². The van der Waals surface area contributed by atoms with Crippen molar-refractivity contribution in [2.75, 3.05) is 12.4 Å². The van der Waals surface area contributed by atoms with E-state index in [9.17, 15) is 14.4 Å². The Morgan fingerprint density at radius 2 is 1.89 bits per heavy atom. The van der Waals surface area contributed by atoms with Gasteiger partial charge in [-0.3, -0.25) is 9.59 Å². The van der Waals surface area contributed by atoms with Crippen LogP contribution in [0.2, 0.25) is 5.02 Å². The van der Waals surface area contributed by atoms with Crippen molar-refractivity contribution in [2.24, 2.45) is 0 Å². The molecule has 1 amide bonds. The summed E-state index contributed by atoms with van der Waals surface area (Å²) in [7, 11) is 1.48. The highest BCUT2D eigenvalue weighted by molar-refractivity contribution is 6.32. The lowest BCUT2D eigenvalue weighted by molar-refractivity contribution is -0.123. The SMILES string of the molecule is COc1ccc(NC(=O)[C@H](C)OC(=O)c2cc3ccccc3c(=O)[nH]2)cc1Cl. The minimum atomic E-state index is -1.09. The standard InChI is InChI=1S/C20H17ClN2O5/c1-11(18(24)22-13-7-8-17(27-2)15(21)10-13)28-20(26)16-9-12-5-3-4-6-14(12)19(25)23-16/h3-11H,1-2H3,(H,22,24)(H,23,25)/t11-/m0/s1. The van der Waals surface area contributed by atoms with E-state index in [0.29, 0.717) is 27.2 Å². The number of hydrogen-bond donors (Lipinski definition) is 2. The number of esters is 1. The lowest BCUT2D eigenvalue weighted by Crippen LogP contribution is -2.30. The number of amides is 1. The maximum atomic E-state index is 12.3. The fraction of sp³-hybridized carbons (Fsp3) is 0.150. The number of halogens is 1. The predicted octanol–water partition coefficient (Wildman–Crippen LogP) is 3.37. The number of rotatable bonds is 5. The van der Waals surface area contributed by atoms with E-state index in [1.54, 1.807) is 36.4 Å². The predicted molar refractivity (Wildman–Crippen MR) is 106 cm³/mol. The lowest BCUT2D eigenvalue weighted by atomic mass is 10.1. The van der Waals surface area contributed by atoms with Crippen molar-refractivity contribution in [3.8, 4) is 5.75 Å². The molecule has 0 saturated carbocycles. The number of H-pyrrole nitrogens is 1. The summed E-state index contributed by atoms with van der Waals surface area (Å²) in [5.74, 6) is -0.879. The number of aromatic nitrogens is 1. The molecule has 1 atom stereocenters. The van der Waals surface area contributed by atoms with Gasteiger partial charge in [-0.2, -0.15) is 0 Å². The molecule has 0 aliphatic heterocycles. The van der Waals surface area contributed by atoms with Crippen LogP contribution in [0.1, 0.15) is 17.4 Å². The van der Waals surface area contributed by atoms with Crippen LogP contribution >= 0.6 is 11.6 Å². The highest BCUT2D eigenvalue weighted by Gasteiger charge is 2.20. The van der Waals surface area contributed by atoms with Crippen molar-refractivity contribution in [3.63, 3.8) is 0 Å². The Bertz CT molecular complexity index is 1110. The summed E-state index contributed by atoms with van der Waals surface area (Å²) in [4.78, 5) is 39.2. The van der Waals surface area contributed by atoms with E-state index in [2.05, 4.69) is 10.3 Å². The van der Waals surface area contributed by atoms with E-state index in [-0.39, 0.29) is 5.69 Å². The van der Waals surface area contributed by atoms with Gasteiger partial charge >= 0.3 is 5.97 Å². The zero-order chi connectivity index (χ0) is 20.3. The van der Waals surface area contributed by atoms with Gasteiger partial charge in [0.05, 0.1) is 12.1 Å². The number of anilines is 1. The molecular weight excluding hydrogens is 384 g/mol. The summed E-state index contributed by atoms with van der Waals surface area (Å²) in [6.07, 6.45) is -1.09. The molecule has 3 aromatic rings. The number of methoxy groups -OCH3 is 1. The third-order valence-electron chi connectivity index (χ3n) is 4.05. The molecular formula is C20H17ClN2O5. The average Bonchev–Trinajstić information content (AvgIpc) is 2.68. The van der Waals surface area contributed by atoms with Crippen LogP contribution in [0.4, 0.5) is 5.69 Å². The molecule has 1 heterocycles. The molecule has 28 heavy (non-hydrogen) atoms. The van der Waals surface area contributed by atoms with Crippen LogP contribution in [0.15, 0.2) is 53.3 Å². The van der Waals surface area contributed by atoms with Crippen molar-refractivity contribution in [3.05, 3.63) is 69.6 Å². The van der Waals surface area contributed by atoms with Gasteiger partial charge in [-0.05, 0) is 42.6 Å². The Balaban J connectivity index is 1.71. The fourth-order valence-corrected chi connectivity index (χ4v) is 2.84. The molecule has 2 aromatic carbocycles. The van der Waals surface area contributed by atoms with Crippen LogP contribution in [-0.2, 0) is 9.53 Å². The van der Waals surface area contributed by atoms with E-state index in [1.807, 2.05) is 0 Å². The molecule has 0 aliphatic carbocycles. The van der Waals surface area contributed by atoms with Crippen molar-refractivity contribution in [1.29, 1.82) is 0 Å². The number of aromatic amines is 1. The molecule has 0 aliphatic rings. The fourth-order valence-electron chi connectivity index (χ4n) is 2.59. The number of pyridine rings is 1. The molecule has 144 valence electrons. The Hall–Kier alpha value is -3.32. The largest absolute Gasteiger partial charge is 0.495 e. The summed E-state index contributed by atoms with van der Waals surface area (Å²) >= 11 is 6.02. The topological polar surface area (TPSA) is 97.5 Å². The second kappa shape index (κ2) is 8.14. The number of ether oxygens (including phenoxy) is 2. The van der Waals surface area contributed by atoms with Gasteiger partial charge in [-0.1, -0.05) is 29.8 Å². The number of nitrogens with one attached hydrogen (secondary N) is 2.